The number of hydrogen-bond donors (Lipinski definition) is 2. The third kappa shape index (κ3) is 4.10. The summed E-state index contributed by atoms with van der Waals surface area (Å²) in [6.07, 6.45) is 0. The molecular formula is C24H11Cl7N4O2. The summed E-state index contributed by atoms with van der Waals surface area (Å²) >= 11 is 43.8. The monoisotopic (exact) mass is 632 g/mol. The Labute approximate surface area is 245 Å². The quantitative estimate of drug-likeness (QED) is 0.219. The van der Waals surface area contributed by atoms with Crippen LogP contribution in [0.2, 0.25) is 35.2 Å². The van der Waals surface area contributed by atoms with Gasteiger partial charge < -0.3 is 10.6 Å². The molecule has 5 rings (SSSR count). The summed E-state index contributed by atoms with van der Waals surface area (Å²) in [4.78, 5) is 34.5. The first-order chi connectivity index (χ1) is 17.4. The molecule has 0 saturated carbocycles. The molecular weight excluding hydrogens is 624 g/mol. The molecule has 0 unspecified atom stereocenters. The van der Waals surface area contributed by atoms with Crippen molar-refractivity contribution in [3.05, 3.63) is 86.7 Å². The van der Waals surface area contributed by atoms with E-state index in [9.17, 15) is 9.59 Å². The van der Waals surface area contributed by atoms with Gasteiger partial charge in [-0.2, -0.15) is 0 Å². The topological polar surface area (TPSA) is 82.9 Å². The van der Waals surface area contributed by atoms with Crippen molar-refractivity contribution >= 4 is 116 Å². The van der Waals surface area contributed by atoms with Crippen LogP contribution >= 0.6 is 81.2 Å². The standard InChI is InChI=1S/C24H11Cl7N4O2/c1-6-8(32-21-10-7(2)14(25)18(29)16(27)12(10)23(36)34-21)4-3-5-9(6)33-22-11-13(24(37)35-22)17(28)20(31)19(30)15(11)26/h3-5H,1-2H3,(H,32,34,36)(H,33,35,37). The smallest absolute Gasteiger partial charge is 0.259 e. The number of carbonyl (C=O) groups excluding carboxylic acids is 2. The fraction of sp³-hybridized carbons (Fsp3) is 0.0833. The van der Waals surface area contributed by atoms with Gasteiger partial charge in [-0.05, 0) is 31.5 Å². The second-order valence-corrected chi connectivity index (χ2v) is 10.7. The number of amidine groups is 2. The Morgan fingerprint density at radius 2 is 0.946 bits per heavy atom. The zero-order valence-electron chi connectivity index (χ0n) is 18.6. The maximum atomic E-state index is 12.7. The van der Waals surface area contributed by atoms with E-state index in [2.05, 4.69) is 20.6 Å². The van der Waals surface area contributed by atoms with Crippen molar-refractivity contribution in [1.82, 2.24) is 10.6 Å². The van der Waals surface area contributed by atoms with Gasteiger partial charge in [-0.25, -0.2) is 9.98 Å². The third-order valence-corrected chi connectivity index (χ3v) is 9.18. The van der Waals surface area contributed by atoms with Crippen LogP contribution in [0.4, 0.5) is 11.4 Å². The molecule has 0 aliphatic carbocycles. The number of benzene rings is 3. The lowest BCUT2D eigenvalue weighted by atomic mass is 10.0. The Morgan fingerprint density at radius 1 is 0.541 bits per heavy atom. The van der Waals surface area contributed by atoms with Crippen molar-refractivity contribution in [2.24, 2.45) is 9.98 Å². The van der Waals surface area contributed by atoms with Gasteiger partial charge in [-0.15, -0.1) is 0 Å². The van der Waals surface area contributed by atoms with Gasteiger partial charge in [-0.3, -0.25) is 9.59 Å². The van der Waals surface area contributed by atoms with Crippen LogP contribution in [0.5, 0.6) is 0 Å². The molecule has 2 heterocycles. The van der Waals surface area contributed by atoms with Gasteiger partial charge in [0, 0.05) is 11.1 Å². The van der Waals surface area contributed by atoms with Gasteiger partial charge in [-0.1, -0.05) is 87.3 Å². The number of nitrogens with one attached hydrogen (secondary N) is 2. The summed E-state index contributed by atoms with van der Waals surface area (Å²) in [5.74, 6) is -0.535. The molecule has 2 aliphatic rings. The maximum absolute atomic E-state index is 12.7. The van der Waals surface area contributed by atoms with Gasteiger partial charge in [0.15, 0.2) is 0 Å². The molecule has 13 heteroatoms. The molecule has 0 aromatic heterocycles. The average molecular weight is 636 g/mol. The van der Waals surface area contributed by atoms with Crippen LogP contribution in [0, 0.1) is 13.8 Å². The summed E-state index contributed by atoms with van der Waals surface area (Å²) in [7, 11) is 0. The van der Waals surface area contributed by atoms with Crippen molar-refractivity contribution < 1.29 is 9.59 Å². The Morgan fingerprint density at radius 3 is 1.46 bits per heavy atom. The first-order valence-corrected chi connectivity index (χ1v) is 13.0. The lowest BCUT2D eigenvalue weighted by Gasteiger charge is -2.11. The Kier molecular flexibility index (Phi) is 6.91. The molecule has 0 saturated heterocycles. The van der Waals surface area contributed by atoms with Crippen LogP contribution in [0.3, 0.4) is 0 Å². The van der Waals surface area contributed by atoms with E-state index < -0.39 is 11.8 Å². The van der Waals surface area contributed by atoms with Crippen molar-refractivity contribution in [1.29, 1.82) is 0 Å². The fourth-order valence-corrected chi connectivity index (χ4v) is 5.86. The first kappa shape index (κ1) is 26.6. The molecule has 3 aromatic rings. The van der Waals surface area contributed by atoms with Crippen LogP contribution in [-0.4, -0.2) is 23.5 Å². The van der Waals surface area contributed by atoms with Crippen molar-refractivity contribution in [3.8, 4) is 0 Å². The molecule has 0 fully saturated rings. The Balaban J connectivity index is 1.64. The maximum Gasteiger partial charge on any atom is 0.259 e. The van der Waals surface area contributed by atoms with E-state index in [0.29, 0.717) is 28.1 Å². The van der Waals surface area contributed by atoms with Crippen LogP contribution in [0.25, 0.3) is 0 Å². The van der Waals surface area contributed by atoms with Crippen LogP contribution in [-0.2, 0) is 0 Å². The summed E-state index contributed by atoms with van der Waals surface area (Å²) in [6, 6.07) is 5.19. The molecule has 0 bridgehead atoms. The molecule has 3 aromatic carbocycles. The number of hydrogen-bond acceptors (Lipinski definition) is 4. The highest BCUT2D eigenvalue weighted by Crippen LogP contribution is 2.44. The van der Waals surface area contributed by atoms with Crippen molar-refractivity contribution in [2.75, 3.05) is 0 Å². The lowest BCUT2D eigenvalue weighted by Crippen LogP contribution is -2.21. The zero-order valence-corrected chi connectivity index (χ0v) is 23.9. The van der Waals surface area contributed by atoms with E-state index in [0.717, 1.165) is 0 Å². The molecule has 188 valence electrons. The van der Waals surface area contributed by atoms with E-state index in [1.807, 2.05) is 0 Å². The highest BCUT2D eigenvalue weighted by molar-refractivity contribution is 6.55. The number of nitrogens with zero attached hydrogens (tertiary/aromatic N) is 2. The number of amides is 2. The summed E-state index contributed by atoms with van der Waals surface area (Å²) in [5.41, 5.74) is 3.16. The highest BCUT2D eigenvalue weighted by atomic mass is 35.5. The number of aliphatic imine (C=N–C) groups is 2. The van der Waals surface area contributed by atoms with E-state index >= 15 is 0 Å². The van der Waals surface area contributed by atoms with E-state index in [-0.39, 0.29) is 63.5 Å². The van der Waals surface area contributed by atoms with E-state index in [1.54, 1.807) is 32.0 Å². The highest BCUT2D eigenvalue weighted by Gasteiger charge is 2.35. The fourth-order valence-electron chi connectivity index (χ4n) is 4.08. The number of rotatable bonds is 2. The Hall–Kier alpha value is -2.03. The third-order valence-electron chi connectivity index (χ3n) is 5.96. The molecule has 6 nitrogen and oxygen atoms in total. The van der Waals surface area contributed by atoms with Gasteiger partial charge in [0.1, 0.15) is 11.7 Å². The van der Waals surface area contributed by atoms with Crippen LogP contribution < -0.4 is 10.6 Å². The summed E-state index contributed by atoms with van der Waals surface area (Å²) in [5, 5.41) is 5.79. The molecule has 2 amide bonds. The second kappa shape index (κ2) is 9.62. The Bertz CT molecular complexity index is 1550. The molecule has 0 spiro atoms. The van der Waals surface area contributed by atoms with Gasteiger partial charge in [0.2, 0.25) is 0 Å². The summed E-state index contributed by atoms with van der Waals surface area (Å²) in [6.45, 7) is 3.51. The predicted molar refractivity (Wildman–Crippen MR) is 151 cm³/mol. The number of halogens is 7. The number of carbonyl (C=O) groups is 2. The number of fused-ring (bicyclic) bond motifs is 2. The minimum absolute atomic E-state index is 0.0107. The molecule has 0 atom stereocenters. The van der Waals surface area contributed by atoms with Crippen molar-refractivity contribution in [2.45, 2.75) is 13.8 Å². The molecule has 2 aliphatic heterocycles. The van der Waals surface area contributed by atoms with Gasteiger partial charge in [0.05, 0.1) is 63.2 Å². The molecule has 0 radical (unpaired) electrons. The second-order valence-electron chi connectivity index (χ2n) is 8.07. The largest absolute Gasteiger partial charge is 0.306 e. The van der Waals surface area contributed by atoms with Crippen LogP contribution in [0.1, 0.15) is 43.0 Å². The minimum Gasteiger partial charge on any atom is -0.306 e. The normalized spacial score (nSPS) is 16.4. The van der Waals surface area contributed by atoms with Gasteiger partial charge >= 0.3 is 0 Å². The SMILES string of the molecule is Cc1c(N=C2NC(=O)c3c(Cl)c(Cl)c(Cl)c(C)c32)cccc1N=C1NC(=O)c2c(Cl)c(Cl)c(Cl)c(Cl)c21. The summed E-state index contributed by atoms with van der Waals surface area (Å²) < 4.78 is 0. The lowest BCUT2D eigenvalue weighted by molar-refractivity contribution is 0.0975. The van der Waals surface area contributed by atoms with Crippen LogP contribution in [0.15, 0.2) is 28.2 Å². The van der Waals surface area contributed by atoms with Crippen molar-refractivity contribution in [3.63, 3.8) is 0 Å². The first-order valence-electron chi connectivity index (χ1n) is 10.4. The average Bonchev–Trinajstić information content (AvgIpc) is 3.36. The predicted octanol–water partition coefficient (Wildman–Crippen LogP) is 8.52. The van der Waals surface area contributed by atoms with Gasteiger partial charge in [0.25, 0.3) is 11.8 Å². The minimum atomic E-state index is -0.513. The molecule has 2 N–H and O–H groups in total. The molecule has 37 heavy (non-hydrogen) atoms. The zero-order chi connectivity index (χ0) is 26.9. The van der Waals surface area contributed by atoms with E-state index in [4.69, 9.17) is 81.2 Å². The van der Waals surface area contributed by atoms with E-state index in [1.165, 1.54) is 0 Å².